The number of carbonyl (C=O) groups excluding carboxylic acids is 2. The fourth-order valence-electron chi connectivity index (χ4n) is 1.86. The Labute approximate surface area is 129 Å². The minimum absolute atomic E-state index is 0.0482. The Kier molecular flexibility index (Phi) is 5.99. The summed E-state index contributed by atoms with van der Waals surface area (Å²) in [6, 6.07) is 18.8. The molecule has 0 fully saturated rings. The Morgan fingerprint density at radius 2 is 1.18 bits per heavy atom. The highest BCUT2D eigenvalue weighted by Gasteiger charge is 2.04. The summed E-state index contributed by atoms with van der Waals surface area (Å²) in [5.41, 5.74) is 2.02. The van der Waals surface area contributed by atoms with Crippen molar-refractivity contribution in [3.63, 3.8) is 0 Å². The van der Waals surface area contributed by atoms with Crippen molar-refractivity contribution in [3.8, 4) is 0 Å². The minimum atomic E-state index is -0.362. The van der Waals surface area contributed by atoms with Gasteiger partial charge in [-0.25, -0.2) is 4.79 Å². The van der Waals surface area contributed by atoms with Gasteiger partial charge in [0.1, 0.15) is 0 Å². The molecule has 22 heavy (non-hydrogen) atoms. The van der Waals surface area contributed by atoms with E-state index in [4.69, 9.17) is 0 Å². The van der Waals surface area contributed by atoms with Gasteiger partial charge in [-0.2, -0.15) is 0 Å². The van der Waals surface area contributed by atoms with Crippen molar-refractivity contribution >= 4 is 11.9 Å². The van der Waals surface area contributed by atoms with Gasteiger partial charge >= 0.3 is 6.03 Å². The molecule has 0 heterocycles. The van der Waals surface area contributed by atoms with Crippen LogP contribution in [0.1, 0.15) is 11.1 Å². The third-order valence-electron chi connectivity index (χ3n) is 3.04. The molecule has 0 aliphatic carbocycles. The van der Waals surface area contributed by atoms with Gasteiger partial charge in [0.05, 0.1) is 6.54 Å². The standard InChI is InChI=1S/C17H19N3O2/c21-16(18-11-14-7-3-1-4-8-14)13-20-17(22)19-12-15-9-5-2-6-10-15/h1-10H,11-13H2,(H,18,21)(H2,19,20,22). The lowest BCUT2D eigenvalue weighted by molar-refractivity contribution is -0.120. The first-order valence-electron chi connectivity index (χ1n) is 7.10. The summed E-state index contributed by atoms with van der Waals surface area (Å²) in [4.78, 5) is 23.2. The summed E-state index contributed by atoms with van der Waals surface area (Å²) in [5, 5.41) is 7.97. The molecule has 2 rings (SSSR count). The van der Waals surface area contributed by atoms with Gasteiger partial charge in [0, 0.05) is 13.1 Å². The zero-order valence-electron chi connectivity index (χ0n) is 12.2. The van der Waals surface area contributed by atoms with Crippen LogP contribution in [0.25, 0.3) is 0 Å². The van der Waals surface area contributed by atoms with E-state index < -0.39 is 0 Å². The van der Waals surface area contributed by atoms with Crippen LogP contribution in [0.5, 0.6) is 0 Å². The zero-order valence-corrected chi connectivity index (χ0v) is 12.2. The topological polar surface area (TPSA) is 70.2 Å². The van der Waals surface area contributed by atoms with E-state index in [1.54, 1.807) is 0 Å². The third-order valence-corrected chi connectivity index (χ3v) is 3.04. The lowest BCUT2D eigenvalue weighted by Gasteiger charge is -2.08. The van der Waals surface area contributed by atoms with Gasteiger partial charge in [0.15, 0.2) is 0 Å². The van der Waals surface area contributed by atoms with E-state index in [1.165, 1.54) is 0 Å². The smallest absolute Gasteiger partial charge is 0.315 e. The molecule has 5 heteroatoms. The van der Waals surface area contributed by atoms with Crippen LogP contribution in [-0.2, 0) is 17.9 Å². The van der Waals surface area contributed by atoms with Gasteiger partial charge in [-0.3, -0.25) is 4.79 Å². The van der Waals surface area contributed by atoms with Crippen molar-refractivity contribution in [3.05, 3.63) is 71.8 Å². The van der Waals surface area contributed by atoms with Gasteiger partial charge < -0.3 is 16.0 Å². The molecule has 0 spiro atoms. The van der Waals surface area contributed by atoms with Crippen molar-refractivity contribution in [1.29, 1.82) is 0 Å². The predicted molar refractivity (Wildman–Crippen MR) is 85.0 cm³/mol. The van der Waals surface area contributed by atoms with Crippen LogP contribution < -0.4 is 16.0 Å². The molecular weight excluding hydrogens is 278 g/mol. The number of rotatable bonds is 6. The van der Waals surface area contributed by atoms with Gasteiger partial charge in [-0.1, -0.05) is 60.7 Å². The van der Waals surface area contributed by atoms with Crippen molar-refractivity contribution < 1.29 is 9.59 Å². The van der Waals surface area contributed by atoms with Crippen molar-refractivity contribution in [2.75, 3.05) is 6.54 Å². The molecule has 0 saturated carbocycles. The Bertz CT molecular complexity index is 544. The molecule has 0 aromatic heterocycles. The van der Waals surface area contributed by atoms with E-state index in [2.05, 4.69) is 16.0 Å². The van der Waals surface area contributed by atoms with E-state index >= 15 is 0 Å². The van der Waals surface area contributed by atoms with E-state index in [0.717, 1.165) is 11.1 Å². The number of hydrogen-bond donors (Lipinski definition) is 3. The second-order valence-electron chi connectivity index (χ2n) is 4.78. The number of carbonyl (C=O) groups is 2. The molecule has 0 aliphatic rings. The fourth-order valence-corrected chi connectivity index (χ4v) is 1.86. The number of urea groups is 1. The molecule has 5 nitrogen and oxygen atoms in total. The number of hydrogen-bond acceptors (Lipinski definition) is 2. The zero-order chi connectivity index (χ0) is 15.6. The molecule has 114 valence electrons. The largest absolute Gasteiger partial charge is 0.350 e. The summed E-state index contributed by atoms with van der Waals surface area (Å²) >= 11 is 0. The average molecular weight is 297 g/mol. The lowest BCUT2D eigenvalue weighted by Crippen LogP contribution is -2.41. The Morgan fingerprint density at radius 3 is 1.73 bits per heavy atom. The minimum Gasteiger partial charge on any atom is -0.350 e. The molecule has 0 atom stereocenters. The molecule has 2 aromatic carbocycles. The van der Waals surface area contributed by atoms with E-state index in [1.807, 2.05) is 60.7 Å². The highest BCUT2D eigenvalue weighted by Crippen LogP contribution is 1.97. The summed E-state index contributed by atoms with van der Waals surface area (Å²) in [5.74, 6) is -0.223. The molecular formula is C17H19N3O2. The third kappa shape index (κ3) is 5.66. The molecule has 0 radical (unpaired) electrons. The van der Waals surface area contributed by atoms with Crippen LogP contribution in [0.3, 0.4) is 0 Å². The second kappa shape index (κ2) is 8.46. The van der Waals surface area contributed by atoms with Crippen LogP contribution in [0.15, 0.2) is 60.7 Å². The maximum absolute atomic E-state index is 11.6. The molecule has 0 bridgehead atoms. The van der Waals surface area contributed by atoms with E-state index in [0.29, 0.717) is 13.1 Å². The van der Waals surface area contributed by atoms with Gasteiger partial charge in [0.2, 0.25) is 5.91 Å². The first-order chi connectivity index (χ1) is 10.7. The molecule has 3 N–H and O–H groups in total. The van der Waals surface area contributed by atoms with Crippen LogP contribution in [0.2, 0.25) is 0 Å². The molecule has 0 saturated heterocycles. The SMILES string of the molecule is O=C(CNC(=O)NCc1ccccc1)NCc1ccccc1. The van der Waals surface area contributed by atoms with Gasteiger partial charge in [-0.05, 0) is 11.1 Å². The maximum atomic E-state index is 11.6. The monoisotopic (exact) mass is 297 g/mol. The molecule has 2 aromatic rings. The molecule has 3 amide bonds. The van der Waals surface area contributed by atoms with Crippen molar-refractivity contribution in [2.24, 2.45) is 0 Å². The average Bonchev–Trinajstić information content (AvgIpc) is 2.58. The van der Waals surface area contributed by atoms with E-state index in [-0.39, 0.29) is 18.5 Å². The lowest BCUT2D eigenvalue weighted by atomic mass is 10.2. The second-order valence-corrected chi connectivity index (χ2v) is 4.78. The first kappa shape index (κ1) is 15.6. The quantitative estimate of drug-likeness (QED) is 0.761. The Morgan fingerprint density at radius 1 is 0.682 bits per heavy atom. The van der Waals surface area contributed by atoms with Gasteiger partial charge in [0.25, 0.3) is 0 Å². The summed E-state index contributed by atoms with van der Waals surface area (Å²) in [7, 11) is 0. The maximum Gasteiger partial charge on any atom is 0.315 e. The Hall–Kier alpha value is -2.82. The highest BCUT2D eigenvalue weighted by atomic mass is 16.2. The van der Waals surface area contributed by atoms with Crippen LogP contribution in [0, 0.1) is 0 Å². The first-order valence-corrected chi connectivity index (χ1v) is 7.10. The van der Waals surface area contributed by atoms with Crippen LogP contribution >= 0.6 is 0 Å². The number of benzene rings is 2. The van der Waals surface area contributed by atoms with Gasteiger partial charge in [-0.15, -0.1) is 0 Å². The van der Waals surface area contributed by atoms with Crippen molar-refractivity contribution in [1.82, 2.24) is 16.0 Å². The predicted octanol–water partition coefficient (Wildman–Crippen LogP) is 1.80. The summed E-state index contributed by atoms with van der Waals surface area (Å²) < 4.78 is 0. The highest BCUT2D eigenvalue weighted by molar-refractivity contribution is 5.83. The normalized spacial score (nSPS) is 9.82. The summed E-state index contributed by atoms with van der Waals surface area (Å²) in [6.07, 6.45) is 0. The van der Waals surface area contributed by atoms with Crippen LogP contribution in [-0.4, -0.2) is 18.5 Å². The number of amides is 3. The number of nitrogens with one attached hydrogen (secondary N) is 3. The molecule has 0 aliphatic heterocycles. The summed E-state index contributed by atoms with van der Waals surface area (Å²) in [6.45, 7) is 0.832. The van der Waals surface area contributed by atoms with Crippen molar-refractivity contribution in [2.45, 2.75) is 13.1 Å². The van der Waals surface area contributed by atoms with E-state index in [9.17, 15) is 9.59 Å². The Balaban J connectivity index is 1.62. The fraction of sp³-hybridized carbons (Fsp3) is 0.176. The van der Waals surface area contributed by atoms with Crippen LogP contribution in [0.4, 0.5) is 4.79 Å². The molecule has 0 unspecified atom stereocenters.